The topological polar surface area (TPSA) is 29.1 Å². The molecule has 0 heterocycles. The van der Waals surface area contributed by atoms with Crippen molar-refractivity contribution < 1.29 is 4.79 Å². The van der Waals surface area contributed by atoms with E-state index in [0.29, 0.717) is 21.2 Å². The SMILES string of the molecule is Cc1cccc(Cl)c1NC(=O)c1ccc(Br)cc1S. The molecular weight excluding hydrogens is 346 g/mol. The molecule has 19 heavy (non-hydrogen) atoms. The van der Waals surface area contributed by atoms with Crippen molar-refractivity contribution >= 4 is 51.8 Å². The lowest BCUT2D eigenvalue weighted by molar-refractivity contribution is 0.102. The quantitative estimate of drug-likeness (QED) is 0.732. The van der Waals surface area contributed by atoms with E-state index in [4.69, 9.17) is 11.6 Å². The van der Waals surface area contributed by atoms with Gasteiger partial charge in [0.05, 0.1) is 16.3 Å². The number of halogens is 2. The van der Waals surface area contributed by atoms with E-state index < -0.39 is 0 Å². The number of rotatable bonds is 2. The van der Waals surface area contributed by atoms with Crippen LogP contribution < -0.4 is 5.32 Å². The Kier molecular flexibility index (Phi) is 4.55. The number of amides is 1. The fourth-order valence-electron chi connectivity index (χ4n) is 1.67. The number of carbonyl (C=O) groups excluding carboxylic acids is 1. The summed E-state index contributed by atoms with van der Waals surface area (Å²) in [5.41, 5.74) is 2.05. The summed E-state index contributed by atoms with van der Waals surface area (Å²) in [5, 5.41) is 3.34. The lowest BCUT2D eigenvalue weighted by Crippen LogP contribution is -2.13. The van der Waals surface area contributed by atoms with E-state index in [0.717, 1.165) is 10.0 Å². The van der Waals surface area contributed by atoms with Crippen LogP contribution >= 0.6 is 40.2 Å². The predicted octanol–water partition coefficient (Wildman–Crippen LogP) is 4.95. The highest BCUT2D eigenvalue weighted by molar-refractivity contribution is 9.10. The monoisotopic (exact) mass is 355 g/mol. The number of para-hydroxylation sites is 1. The second kappa shape index (κ2) is 5.99. The third-order valence-electron chi connectivity index (χ3n) is 2.66. The first kappa shape index (κ1) is 14.4. The van der Waals surface area contributed by atoms with Crippen LogP contribution in [0.4, 0.5) is 5.69 Å². The van der Waals surface area contributed by atoms with Crippen LogP contribution in [-0.2, 0) is 0 Å². The van der Waals surface area contributed by atoms with Crippen LogP contribution in [-0.4, -0.2) is 5.91 Å². The molecule has 2 aromatic rings. The molecule has 2 nitrogen and oxygen atoms in total. The summed E-state index contributed by atoms with van der Waals surface area (Å²) in [6.45, 7) is 1.89. The largest absolute Gasteiger partial charge is 0.320 e. The van der Waals surface area contributed by atoms with Crippen molar-refractivity contribution in [2.24, 2.45) is 0 Å². The molecule has 0 aliphatic heterocycles. The number of aryl methyl sites for hydroxylation is 1. The summed E-state index contributed by atoms with van der Waals surface area (Å²) in [6.07, 6.45) is 0. The van der Waals surface area contributed by atoms with Crippen LogP contribution in [0.1, 0.15) is 15.9 Å². The van der Waals surface area contributed by atoms with Crippen molar-refractivity contribution in [3.8, 4) is 0 Å². The minimum Gasteiger partial charge on any atom is -0.320 e. The summed E-state index contributed by atoms with van der Waals surface area (Å²) in [4.78, 5) is 12.8. The van der Waals surface area contributed by atoms with Crippen LogP contribution in [0.3, 0.4) is 0 Å². The Morgan fingerprint density at radius 3 is 2.68 bits per heavy atom. The molecule has 1 N–H and O–H groups in total. The molecule has 0 spiro atoms. The minimum atomic E-state index is -0.228. The fourth-order valence-corrected chi connectivity index (χ4v) is 2.79. The summed E-state index contributed by atoms with van der Waals surface area (Å²) in [5.74, 6) is -0.228. The second-order valence-corrected chi connectivity index (χ2v) is 5.85. The van der Waals surface area contributed by atoms with E-state index in [-0.39, 0.29) is 5.91 Å². The van der Waals surface area contributed by atoms with Gasteiger partial charge < -0.3 is 5.32 Å². The van der Waals surface area contributed by atoms with Gasteiger partial charge in [-0.2, -0.15) is 0 Å². The molecule has 0 bridgehead atoms. The van der Waals surface area contributed by atoms with Gasteiger partial charge in [-0.3, -0.25) is 4.79 Å². The van der Waals surface area contributed by atoms with E-state index in [2.05, 4.69) is 33.9 Å². The van der Waals surface area contributed by atoms with Crippen LogP contribution in [0.2, 0.25) is 5.02 Å². The van der Waals surface area contributed by atoms with Gasteiger partial charge in [0.1, 0.15) is 0 Å². The van der Waals surface area contributed by atoms with Crippen molar-refractivity contribution in [2.45, 2.75) is 11.8 Å². The molecule has 0 atom stereocenters. The molecule has 0 saturated carbocycles. The lowest BCUT2D eigenvalue weighted by Gasteiger charge is -2.11. The normalized spacial score (nSPS) is 10.3. The molecule has 5 heteroatoms. The zero-order chi connectivity index (χ0) is 14.0. The van der Waals surface area contributed by atoms with Gasteiger partial charge in [-0.25, -0.2) is 0 Å². The summed E-state index contributed by atoms with van der Waals surface area (Å²) in [7, 11) is 0. The highest BCUT2D eigenvalue weighted by Gasteiger charge is 2.13. The number of hydrogen-bond donors (Lipinski definition) is 2. The second-order valence-electron chi connectivity index (χ2n) is 4.05. The molecule has 0 saturated heterocycles. The third-order valence-corrected chi connectivity index (χ3v) is 3.84. The molecule has 0 aromatic heterocycles. The highest BCUT2D eigenvalue weighted by Crippen LogP contribution is 2.27. The van der Waals surface area contributed by atoms with Crippen LogP contribution in [0.25, 0.3) is 0 Å². The molecule has 2 aromatic carbocycles. The van der Waals surface area contributed by atoms with Crippen LogP contribution in [0.15, 0.2) is 45.8 Å². The van der Waals surface area contributed by atoms with E-state index >= 15 is 0 Å². The van der Waals surface area contributed by atoms with Crippen molar-refractivity contribution in [1.29, 1.82) is 0 Å². The maximum Gasteiger partial charge on any atom is 0.256 e. The van der Waals surface area contributed by atoms with Gasteiger partial charge in [0, 0.05) is 9.37 Å². The Morgan fingerprint density at radius 1 is 1.32 bits per heavy atom. The Hall–Kier alpha value is -0.970. The van der Waals surface area contributed by atoms with Gasteiger partial charge in [0.15, 0.2) is 0 Å². The summed E-state index contributed by atoms with van der Waals surface area (Å²) < 4.78 is 0.878. The Labute approximate surface area is 130 Å². The summed E-state index contributed by atoms with van der Waals surface area (Å²) in [6, 6.07) is 10.8. The highest BCUT2D eigenvalue weighted by atomic mass is 79.9. The number of benzene rings is 2. The third kappa shape index (κ3) is 3.32. The van der Waals surface area contributed by atoms with Crippen molar-refractivity contribution in [2.75, 3.05) is 5.32 Å². The zero-order valence-electron chi connectivity index (χ0n) is 10.1. The average molecular weight is 357 g/mol. The minimum absolute atomic E-state index is 0.228. The number of nitrogens with one attached hydrogen (secondary N) is 1. The summed E-state index contributed by atoms with van der Waals surface area (Å²) >= 11 is 13.7. The molecule has 1 amide bonds. The molecule has 2 rings (SSSR count). The molecule has 0 radical (unpaired) electrons. The Bertz CT molecular complexity index is 625. The van der Waals surface area contributed by atoms with E-state index in [1.54, 1.807) is 24.3 Å². The van der Waals surface area contributed by atoms with Crippen molar-refractivity contribution in [3.63, 3.8) is 0 Å². The van der Waals surface area contributed by atoms with Gasteiger partial charge in [0.25, 0.3) is 5.91 Å². The Balaban J connectivity index is 2.31. The van der Waals surface area contributed by atoms with Gasteiger partial charge >= 0.3 is 0 Å². The van der Waals surface area contributed by atoms with Gasteiger partial charge in [0.2, 0.25) is 0 Å². The predicted molar refractivity (Wildman–Crippen MR) is 85.5 cm³/mol. The van der Waals surface area contributed by atoms with Gasteiger partial charge in [-0.05, 0) is 36.8 Å². The van der Waals surface area contributed by atoms with E-state index in [9.17, 15) is 4.79 Å². The first-order valence-electron chi connectivity index (χ1n) is 5.54. The number of anilines is 1. The fraction of sp³-hybridized carbons (Fsp3) is 0.0714. The van der Waals surface area contributed by atoms with E-state index in [1.807, 2.05) is 19.1 Å². The van der Waals surface area contributed by atoms with Crippen molar-refractivity contribution in [3.05, 3.63) is 57.0 Å². The molecule has 98 valence electrons. The van der Waals surface area contributed by atoms with Gasteiger partial charge in [-0.1, -0.05) is 39.7 Å². The first-order chi connectivity index (χ1) is 8.99. The standard InChI is InChI=1S/C14H11BrClNOS/c1-8-3-2-4-11(16)13(8)17-14(18)10-6-5-9(15)7-12(10)19/h2-7,19H,1H3,(H,17,18). The Morgan fingerprint density at radius 2 is 2.05 bits per heavy atom. The maximum absolute atomic E-state index is 12.2. The number of thiol groups is 1. The molecule has 0 unspecified atom stereocenters. The smallest absolute Gasteiger partial charge is 0.256 e. The van der Waals surface area contributed by atoms with Gasteiger partial charge in [-0.15, -0.1) is 12.6 Å². The number of carbonyl (C=O) groups is 1. The average Bonchev–Trinajstić information content (AvgIpc) is 2.33. The molecular formula is C14H11BrClNOS. The lowest BCUT2D eigenvalue weighted by atomic mass is 10.1. The number of hydrogen-bond acceptors (Lipinski definition) is 2. The molecule has 0 aliphatic carbocycles. The first-order valence-corrected chi connectivity index (χ1v) is 7.16. The molecule has 0 aliphatic rings. The van der Waals surface area contributed by atoms with Crippen LogP contribution in [0, 0.1) is 6.92 Å². The molecule has 0 fully saturated rings. The van der Waals surface area contributed by atoms with Crippen molar-refractivity contribution in [1.82, 2.24) is 0 Å². The van der Waals surface area contributed by atoms with Crippen LogP contribution in [0.5, 0.6) is 0 Å². The van der Waals surface area contributed by atoms with E-state index in [1.165, 1.54) is 0 Å². The zero-order valence-corrected chi connectivity index (χ0v) is 13.3. The maximum atomic E-state index is 12.2.